The molecule has 2 N–H and O–H groups in total. The molecular weight excluding hydrogens is 1110 g/mol. The van der Waals surface area contributed by atoms with Gasteiger partial charge >= 0.3 is 0 Å². The average Bonchev–Trinajstić information content (AvgIpc) is 2.44. The summed E-state index contributed by atoms with van der Waals surface area (Å²) in [6, 6.07) is 21.6. The van der Waals surface area contributed by atoms with Gasteiger partial charge in [-0.05, 0) is 104 Å². The van der Waals surface area contributed by atoms with E-state index < -0.39 is 12.0 Å². The van der Waals surface area contributed by atoms with Gasteiger partial charge in [-0.1, -0.05) is 51.5 Å². The second kappa shape index (κ2) is 27.6. The molecule has 0 radical (unpaired) electrons. The Labute approximate surface area is 507 Å². The number of fused-ring (bicyclic) bond motifs is 4. The van der Waals surface area contributed by atoms with Crippen molar-refractivity contribution in [3.8, 4) is 23.0 Å². The van der Waals surface area contributed by atoms with Crippen molar-refractivity contribution in [2.75, 3.05) is 77.4 Å². The third-order valence-electron chi connectivity index (χ3n) is 16.8. The van der Waals surface area contributed by atoms with Gasteiger partial charge in [0.25, 0.3) is 23.6 Å². The fraction of sp³-hybridized carbons (Fsp3) is 0.418. The molecule has 0 spiro atoms. The van der Waals surface area contributed by atoms with Gasteiger partial charge in [0.2, 0.25) is 11.8 Å². The van der Waals surface area contributed by atoms with E-state index in [0.717, 1.165) is 67.7 Å². The summed E-state index contributed by atoms with van der Waals surface area (Å²) in [6.07, 6.45) is 15.2. The van der Waals surface area contributed by atoms with E-state index >= 15 is 0 Å². The number of carbonyl (C=O) groups is 7. The second-order valence-corrected chi connectivity index (χ2v) is 23.4. The Bertz CT molecular complexity index is 3420. The molecule has 0 bridgehead atoms. The maximum Gasteiger partial charge on any atom is 0.260 e. The van der Waals surface area contributed by atoms with Crippen LogP contribution in [0.5, 0.6) is 23.0 Å². The Morgan fingerprint density at radius 2 is 1.15 bits per heavy atom. The fourth-order valence-electron chi connectivity index (χ4n) is 11.6. The lowest BCUT2D eigenvalue weighted by atomic mass is 9.92. The summed E-state index contributed by atoms with van der Waals surface area (Å²) in [6.45, 7) is 10.6. The lowest BCUT2D eigenvalue weighted by Crippen LogP contribution is -2.45. The van der Waals surface area contributed by atoms with Gasteiger partial charge in [0.05, 0.1) is 68.1 Å². The molecule has 4 atom stereocenters. The van der Waals surface area contributed by atoms with Crippen molar-refractivity contribution in [2.24, 2.45) is 21.8 Å². The largest absolute Gasteiger partial charge is 0.493 e. The molecule has 20 heteroatoms. The number of ketones is 1. The number of imide groups is 1. The topological polar surface area (TPSA) is 221 Å². The van der Waals surface area contributed by atoms with Crippen LogP contribution in [-0.4, -0.2) is 159 Å². The number of likely N-dealkylation sites (N-methyl/N-ethyl adjacent to an activating group) is 1. The van der Waals surface area contributed by atoms with Crippen molar-refractivity contribution in [3.05, 3.63) is 120 Å². The van der Waals surface area contributed by atoms with Gasteiger partial charge in [-0.15, -0.1) is 0 Å². The van der Waals surface area contributed by atoms with E-state index in [-0.39, 0.29) is 72.1 Å². The zero-order valence-corrected chi connectivity index (χ0v) is 50.4. The van der Waals surface area contributed by atoms with Crippen molar-refractivity contribution < 1.29 is 52.5 Å². The Morgan fingerprint density at radius 3 is 1.67 bits per heavy atom. The SMILES string of the molecule is COc1cc2c(cc1OCCCCCOc1cc3c(cc1OC)C(=O)N1C=C(c4ccc(N5CCN(C)CC5)cc4)C[C@H]1C=N3)N=C[C@@H]1CC(c3ccc(NC(=O)[C@H](C)CC(=O)C(NC(=O)CCCCCN4C(=O)C=CC4=O)C(C)C)cc3)=CN1C2=O. The van der Waals surface area contributed by atoms with Gasteiger partial charge in [0.1, 0.15) is 0 Å². The quantitative estimate of drug-likeness (QED) is 0.0443. The highest BCUT2D eigenvalue weighted by atomic mass is 16.5. The van der Waals surface area contributed by atoms with Crippen LogP contribution in [0.1, 0.15) is 117 Å². The number of piperazine rings is 1. The van der Waals surface area contributed by atoms with Gasteiger partial charge in [0.15, 0.2) is 28.8 Å². The summed E-state index contributed by atoms with van der Waals surface area (Å²) < 4.78 is 23.9. The van der Waals surface area contributed by atoms with E-state index in [1.807, 2.05) is 44.6 Å². The zero-order chi connectivity index (χ0) is 61.3. The van der Waals surface area contributed by atoms with Crippen LogP contribution < -0.4 is 34.5 Å². The average molecular weight is 1180 g/mol. The molecule has 10 rings (SSSR count). The first kappa shape index (κ1) is 61.2. The first-order valence-corrected chi connectivity index (χ1v) is 30.2. The summed E-state index contributed by atoms with van der Waals surface area (Å²) in [7, 11) is 5.25. The standard InChI is InChI=1S/C67H77N9O11/c1-42(2)64(71-61(78)13-9-7-10-24-74-62(79)22-23-63(74)80)56(77)31-43(3)65(81)70-48-18-14-44(15-19-48)46-32-50-38-68-54-36-59(57(84-5)34-52(54)66(82)75(50)40-46)86-29-11-8-12-30-87-60-37-55-53(35-58(60)85-6)67(83)76-41-47(33-51(76)39-69-55)45-16-20-49(21-17-45)73-27-25-72(4)26-28-73/h14-23,34-43,50-51,64H,7-13,24-33H2,1-6H3,(H,70,81)(H,71,78)/t43-,50+,51+,64?/m1/s1. The molecule has 20 nitrogen and oxygen atoms in total. The van der Waals surface area contributed by atoms with Crippen LogP contribution in [0.25, 0.3) is 11.1 Å². The number of nitrogens with one attached hydrogen (secondary N) is 2. The summed E-state index contributed by atoms with van der Waals surface area (Å²) in [5.41, 5.74) is 7.60. The smallest absolute Gasteiger partial charge is 0.260 e. The molecule has 6 aliphatic heterocycles. The molecule has 0 aromatic heterocycles. The lowest BCUT2D eigenvalue weighted by Gasteiger charge is -2.34. The van der Waals surface area contributed by atoms with Crippen LogP contribution in [-0.2, 0) is 24.0 Å². The third kappa shape index (κ3) is 14.3. The maximum absolute atomic E-state index is 14.1. The molecule has 4 aromatic rings. The number of carbonyl (C=O) groups excluding carboxylic acids is 7. The van der Waals surface area contributed by atoms with E-state index in [1.54, 1.807) is 66.4 Å². The van der Waals surface area contributed by atoms with Crippen LogP contribution in [0.15, 0.2) is 107 Å². The van der Waals surface area contributed by atoms with Crippen molar-refractivity contribution in [1.29, 1.82) is 0 Å². The summed E-state index contributed by atoms with van der Waals surface area (Å²) >= 11 is 0. The monoisotopic (exact) mass is 1180 g/mol. The highest BCUT2D eigenvalue weighted by molar-refractivity contribution is 6.13. The van der Waals surface area contributed by atoms with Crippen molar-refractivity contribution in [1.82, 2.24) is 24.9 Å². The number of hydrogen-bond acceptors (Lipinski definition) is 15. The Morgan fingerprint density at radius 1 is 0.632 bits per heavy atom. The number of ether oxygens (including phenoxy) is 4. The van der Waals surface area contributed by atoms with Gasteiger partial charge < -0.3 is 49.2 Å². The van der Waals surface area contributed by atoms with Crippen LogP contribution in [0.3, 0.4) is 0 Å². The molecule has 6 amide bonds. The highest BCUT2D eigenvalue weighted by Gasteiger charge is 2.36. The zero-order valence-electron chi connectivity index (χ0n) is 50.4. The van der Waals surface area contributed by atoms with E-state index in [4.69, 9.17) is 28.9 Å². The fourth-order valence-corrected chi connectivity index (χ4v) is 11.6. The number of hydrogen-bond donors (Lipinski definition) is 2. The van der Waals surface area contributed by atoms with E-state index in [9.17, 15) is 33.6 Å². The van der Waals surface area contributed by atoms with Crippen LogP contribution in [0.2, 0.25) is 0 Å². The predicted molar refractivity (Wildman–Crippen MR) is 333 cm³/mol. The number of aliphatic imine (C=N–C) groups is 2. The van der Waals surface area contributed by atoms with Crippen molar-refractivity contribution in [3.63, 3.8) is 0 Å². The predicted octanol–water partition coefficient (Wildman–Crippen LogP) is 9.19. The number of Topliss-reactive ketones (excluding diaryl/α,β-unsaturated/α-hetero) is 1. The van der Waals surface area contributed by atoms with Gasteiger partial charge in [-0.25, -0.2) is 0 Å². The minimum atomic E-state index is -0.756. The number of rotatable bonds is 26. The first-order chi connectivity index (χ1) is 42.0. The molecule has 6 heterocycles. The maximum atomic E-state index is 14.1. The molecule has 456 valence electrons. The van der Waals surface area contributed by atoms with Crippen molar-refractivity contribution >= 4 is 87.6 Å². The highest BCUT2D eigenvalue weighted by Crippen LogP contribution is 2.42. The number of amides is 6. The van der Waals surface area contributed by atoms with Crippen LogP contribution in [0, 0.1) is 11.8 Å². The number of anilines is 2. The van der Waals surface area contributed by atoms with Gasteiger partial charge in [-0.3, -0.25) is 48.4 Å². The molecule has 1 saturated heterocycles. The van der Waals surface area contributed by atoms with E-state index in [1.165, 1.54) is 29.8 Å². The third-order valence-corrected chi connectivity index (χ3v) is 16.8. The number of benzene rings is 4. The molecule has 0 aliphatic carbocycles. The van der Waals surface area contributed by atoms with Gasteiger partial charge in [-0.2, -0.15) is 0 Å². The minimum Gasteiger partial charge on any atom is -0.493 e. The Balaban J connectivity index is 0.657. The molecule has 0 saturated carbocycles. The van der Waals surface area contributed by atoms with E-state index in [0.29, 0.717) is 103 Å². The summed E-state index contributed by atoms with van der Waals surface area (Å²) in [4.78, 5) is 110. The number of nitrogens with zero attached hydrogens (tertiary/aromatic N) is 7. The summed E-state index contributed by atoms with van der Waals surface area (Å²) in [5, 5.41) is 5.76. The minimum absolute atomic E-state index is 0.0634. The number of methoxy groups -OCH3 is 2. The number of unbranched alkanes of at least 4 members (excludes halogenated alkanes) is 4. The van der Waals surface area contributed by atoms with Crippen LogP contribution in [0.4, 0.5) is 22.7 Å². The summed E-state index contributed by atoms with van der Waals surface area (Å²) in [5.74, 6) is -0.862. The Kier molecular flexibility index (Phi) is 19.4. The first-order valence-electron chi connectivity index (χ1n) is 30.2. The Hall–Kier alpha value is -8.91. The molecular formula is C67H77N9O11. The molecule has 87 heavy (non-hydrogen) atoms. The van der Waals surface area contributed by atoms with Crippen molar-refractivity contribution in [2.45, 2.75) is 103 Å². The van der Waals surface area contributed by atoms with E-state index in [2.05, 4.69) is 51.7 Å². The lowest BCUT2D eigenvalue weighted by molar-refractivity contribution is -0.137. The second-order valence-electron chi connectivity index (χ2n) is 23.4. The van der Waals surface area contributed by atoms with Gasteiger partial charge in [0, 0.05) is 125 Å². The van der Waals surface area contributed by atoms with Crippen LogP contribution >= 0.6 is 0 Å². The molecule has 4 aromatic carbocycles. The normalized spacial score (nSPS) is 18.6. The molecule has 1 unspecified atom stereocenters. The molecule has 1 fully saturated rings. The molecule has 6 aliphatic rings.